The van der Waals surface area contributed by atoms with Crippen LogP contribution in [0, 0.1) is 0 Å². The van der Waals surface area contributed by atoms with Gasteiger partial charge < -0.3 is 19.9 Å². The number of ether oxygens (including phenoxy) is 2. The molecule has 2 rings (SSSR count). The Kier molecular flexibility index (Phi) is 5.89. The minimum atomic E-state index is -1.19. The third-order valence-corrected chi connectivity index (χ3v) is 3.61. The number of carbonyl (C=O) groups is 2. The molecule has 0 aliphatic rings. The fourth-order valence-corrected chi connectivity index (χ4v) is 2.28. The Hall–Kier alpha value is -2.44. The van der Waals surface area contributed by atoms with Crippen molar-refractivity contribution in [3.8, 4) is 11.5 Å². The summed E-state index contributed by atoms with van der Waals surface area (Å²) in [6, 6.07) is 9.28. The molecular formula is C16H13Cl2NO5. The number of halogens is 2. The predicted molar refractivity (Wildman–Crippen MR) is 90.5 cm³/mol. The Balaban J connectivity index is 2.09. The minimum absolute atomic E-state index is 0.0688. The molecule has 0 atom stereocenters. The van der Waals surface area contributed by atoms with Crippen LogP contribution in [0.15, 0.2) is 36.4 Å². The molecule has 1 amide bonds. The van der Waals surface area contributed by atoms with Gasteiger partial charge in [-0.2, -0.15) is 0 Å². The van der Waals surface area contributed by atoms with Crippen molar-refractivity contribution >= 4 is 40.8 Å². The SMILES string of the molecule is COc1cc(NC(=O)COc2ccccc2Cl)c(Cl)cc1C(=O)O. The molecular weight excluding hydrogens is 357 g/mol. The van der Waals surface area contributed by atoms with Crippen molar-refractivity contribution in [2.75, 3.05) is 19.0 Å². The molecule has 0 unspecified atom stereocenters. The highest BCUT2D eigenvalue weighted by Crippen LogP contribution is 2.31. The number of aromatic carboxylic acids is 1. The number of carboxylic acids is 1. The van der Waals surface area contributed by atoms with E-state index in [1.165, 1.54) is 19.2 Å². The highest BCUT2D eigenvalue weighted by molar-refractivity contribution is 6.34. The van der Waals surface area contributed by atoms with Gasteiger partial charge in [0.1, 0.15) is 17.1 Å². The van der Waals surface area contributed by atoms with Crippen LogP contribution in [-0.2, 0) is 4.79 Å². The number of anilines is 1. The molecule has 0 saturated heterocycles. The van der Waals surface area contributed by atoms with Crippen LogP contribution in [-0.4, -0.2) is 30.7 Å². The van der Waals surface area contributed by atoms with Crippen molar-refractivity contribution in [1.29, 1.82) is 0 Å². The Morgan fingerprint density at radius 2 is 1.83 bits per heavy atom. The highest BCUT2D eigenvalue weighted by atomic mass is 35.5. The molecule has 0 saturated carbocycles. The smallest absolute Gasteiger partial charge is 0.339 e. The van der Waals surface area contributed by atoms with Gasteiger partial charge in [0.25, 0.3) is 5.91 Å². The topological polar surface area (TPSA) is 84.9 Å². The summed E-state index contributed by atoms with van der Waals surface area (Å²) >= 11 is 11.9. The van der Waals surface area contributed by atoms with Gasteiger partial charge in [-0.15, -0.1) is 0 Å². The molecule has 2 aromatic rings. The number of hydrogen-bond acceptors (Lipinski definition) is 4. The van der Waals surface area contributed by atoms with Gasteiger partial charge in [-0.05, 0) is 18.2 Å². The Morgan fingerprint density at radius 1 is 1.12 bits per heavy atom. The molecule has 0 aliphatic carbocycles. The zero-order valence-electron chi connectivity index (χ0n) is 12.5. The van der Waals surface area contributed by atoms with E-state index in [-0.39, 0.29) is 28.6 Å². The van der Waals surface area contributed by atoms with Crippen LogP contribution in [0.25, 0.3) is 0 Å². The molecule has 0 heterocycles. The summed E-state index contributed by atoms with van der Waals surface area (Å²) in [5.41, 5.74) is 0.110. The summed E-state index contributed by atoms with van der Waals surface area (Å²) in [4.78, 5) is 23.1. The van der Waals surface area contributed by atoms with Crippen molar-refractivity contribution in [3.05, 3.63) is 52.0 Å². The first kappa shape index (κ1) is 17.9. The van der Waals surface area contributed by atoms with E-state index < -0.39 is 11.9 Å². The standard InChI is InChI=1S/C16H13Cl2NO5/c1-23-14-7-12(11(18)6-9(14)16(21)22)19-15(20)8-24-13-5-3-2-4-10(13)17/h2-7H,8H2,1H3,(H,19,20)(H,21,22). The third-order valence-electron chi connectivity index (χ3n) is 2.99. The number of amides is 1. The second kappa shape index (κ2) is 7.90. The fourth-order valence-electron chi connectivity index (χ4n) is 1.88. The van der Waals surface area contributed by atoms with E-state index in [9.17, 15) is 9.59 Å². The molecule has 24 heavy (non-hydrogen) atoms. The van der Waals surface area contributed by atoms with E-state index in [0.29, 0.717) is 10.8 Å². The normalized spacial score (nSPS) is 10.1. The van der Waals surface area contributed by atoms with E-state index in [2.05, 4.69) is 5.32 Å². The average molecular weight is 370 g/mol. The Bertz CT molecular complexity index is 779. The van der Waals surface area contributed by atoms with Gasteiger partial charge in [-0.1, -0.05) is 35.3 Å². The zero-order chi connectivity index (χ0) is 17.7. The second-order valence-corrected chi connectivity index (χ2v) is 5.42. The molecule has 2 N–H and O–H groups in total. The molecule has 0 bridgehead atoms. The number of para-hydroxylation sites is 1. The van der Waals surface area contributed by atoms with E-state index in [1.807, 2.05) is 0 Å². The highest BCUT2D eigenvalue weighted by Gasteiger charge is 2.16. The lowest BCUT2D eigenvalue weighted by Crippen LogP contribution is -2.20. The lowest BCUT2D eigenvalue weighted by atomic mass is 10.2. The molecule has 2 aromatic carbocycles. The third kappa shape index (κ3) is 4.31. The van der Waals surface area contributed by atoms with Crippen molar-refractivity contribution in [2.24, 2.45) is 0 Å². The lowest BCUT2D eigenvalue weighted by Gasteiger charge is -2.12. The van der Waals surface area contributed by atoms with Crippen LogP contribution in [0.5, 0.6) is 11.5 Å². The summed E-state index contributed by atoms with van der Waals surface area (Å²) in [5.74, 6) is -1.22. The molecule has 0 aromatic heterocycles. The van der Waals surface area contributed by atoms with Crippen LogP contribution >= 0.6 is 23.2 Å². The predicted octanol–water partition coefficient (Wildman–Crippen LogP) is 3.72. The summed E-state index contributed by atoms with van der Waals surface area (Å²) in [6.45, 7) is -0.289. The summed E-state index contributed by atoms with van der Waals surface area (Å²) in [6.07, 6.45) is 0. The molecule has 0 radical (unpaired) electrons. The fraction of sp³-hybridized carbons (Fsp3) is 0.125. The van der Waals surface area contributed by atoms with Crippen molar-refractivity contribution < 1.29 is 24.2 Å². The maximum Gasteiger partial charge on any atom is 0.339 e. The summed E-state index contributed by atoms with van der Waals surface area (Å²) < 4.78 is 10.3. The van der Waals surface area contributed by atoms with E-state index >= 15 is 0 Å². The lowest BCUT2D eigenvalue weighted by molar-refractivity contribution is -0.118. The van der Waals surface area contributed by atoms with Gasteiger partial charge in [0, 0.05) is 6.07 Å². The maximum atomic E-state index is 12.0. The number of hydrogen-bond donors (Lipinski definition) is 2. The second-order valence-electron chi connectivity index (χ2n) is 4.60. The van der Waals surface area contributed by atoms with E-state index in [1.54, 1.807) is 24.3 Å². The Labute approximate surface area is 147 Å². The zero-order valence-corrected chi connectivity index (χ0v) is 14.0. The summed E-state index contributed by atoms with van der Waals surface area (Å²) in [5, 5.41) is 12.1. The number of rotatable bonds is 6. The van der Waals surface area contributed by atoms with Crippen LogP contribution in [0.4, 0.5) is 5.69 Å². The van der Waals surface area contributed by atoms with Crippen LogP contribution in [0.2, 0.25) is 10.0 Å². The first-order valence-corrected chi connectivity index (χ1v) is 7.46. The van der Waals surface area contributed by atoms with Crippen molar-refractivity contribution in [1.82, 2.24) is 0 Å². The number of benzene rings is 2. The molecule has 8 heteroatoms. The van der Waals surface area contributed by atoms with Crippen LogP contribution in [0.1, 0.15) is 10.4 Å². The minimum Gasteiger partial charge on any atom is -0.496 e. The largest absolute Gasteiger partial charge is 0.496 e. The molecule has 0 aliphatic heterocycles. The first-order chi connectivity index (χ1) is 11.4. The van der Waals surface area contributed by atoms with Gasteiger partial charge in [0.2, 0.25) is 0 Å². The molecule has 126 valence electrons. The number of carbonyl (C=O) groups excluding carboxylic acids is 1. The van der Waals surface area contributed by atoms with Crippen LogP contribution < -0.4 is 14.8 Å². The van der Waals surface area contributed by atoms with Crippen molar-refractivity contribution in [2.45, 2.75) is 0 Å². The molecule has 0 fully saturated rings. The van der Waals surface area contributed by atoms with Gasteiger partial charge in [0.05, 0.1) is 22.8 Å². The molecule has 0 spiro atoms. The number of carboxylic acid groups (broad SMARTS) is 1. The van der Waals surface area contributed by atoms with Crippen molar-refractivity contribution in [3.63, 3.8) is 0 Å². The van der Waals surface area contributed by atoms with E-state index in [0.717, 1.165) is 0 Å². The summed E-state index contributed by atoms with van der Waals surface area (Å²) in [7, 11) is 1.32. The van der Waals surface area contributed by atoms with Gasteiger partial charge >= 0.3 is 5.97 Å². The van der Waals surface area contributed by atoms with E-state index in [4.69, 9.17) is 37.8 Å². The average Bonchev–Trinajstić information content (AvgIpc) is 2.55. The number of nitrogens with one attached hydrogen (secondary N) is 1. The van der Waals surface area contributed by atoms with Gasteiger partial charge in [-0.3, -0.25) is 4.79 Å². The van der Waals surface area contributed by atoms with Crippen LogP contribution in [0.3, 0.4) is 0 Å². The van der Waals surface area contributed by atoms with Gasteiger partial charge in [-0.25, -0.2) is 4.79 Å². The van der Waals surface area contributed by atoms with Gasteiger partial charge in [0.15, 0.2) is 6.61 Å². The quantitative estimate of drug-likeness (QED) is 0.810. The first-order valence-electron chi connectivity index (χ1n) is 6.70. The number of methoxy groups -OCH3 is 1. The Morgan fingerprint density at radius 3 is 2.46 bits per heavy atom. The molecule has 6 nitrogen and oxygen atoms in total. The maximum absolute atomic E-state index is 12.0. The monoisotopic (exact) mass is 369 g/mol.